The summed E-state index contributed by atoms with van der Waals surface area (Å²) < 4.78 is 0.648. The second-order valence-corrected chi connectivity index (χ2v) is 4.60. The van der Waals surface area contributed by atoms with Crippen LogP contribution >= 0.6 is 0 Å². The number of rotatable bonds is 2. The van der Waals surface area contributed by atoms with E-state index < -0.39 is 0 Å². The smallest absolute Gasteiger partial charge is 0.401 e. The number of aryl methyl sites for hydroxylation is 1. The molecule has 98 valence electrons. The standard InChI is InChI=1S/C12H18N4O2/c1-9-8-11(15-6-4-3-5-7-15)14-12(16(9)18)13-10(2)17/h8H,3-7H2,1-2H3,(H,13,14,17). The average molecular weight is 250 g/mol. The van der Waals surface area contributed by atoms with Gasteiger partial charge in [-0.1, -0.05) is 4.98 Å². The maximum atomic E-state index is 11.8. The molecule has 1 aliphatic rings. The minimum Gasteiger partial charge on any atom is -0.740 e. The Morgan fingerprint density at radius 1 is 1.44 bits per heavy atom. The molecule has 1 saturated heterocycles. The van der Waals surface area contributed by atoms with E-state index in [0.29, 0.717) is 10.4 Å². The summed E-state index contributed by atoms with van der Waals surface area (Å²) in [6, 6.07) is 1.77. The molecule has 2 rings (SSSR count). The fraction of sp³-hybridized carbons (Fsp3) is 0.583. The fourth-order valence-electron chi connectivity index (χ4n) is 2.12. The molecule has 1 aromatic heterocycles. The summed E-state index contributed by atoms with van der Waals surface area (Å²) in [6.07, 6.45) is 3.52. The quantitative estimate of drug-likeness (QED) is 0.627. The van der Waals surface area contributed by atoms with E-state index in [9.17, 15) is 10.0 Å². The highest BCUT2D eigenvalue weighted by Gasteiger charge is 2.19. The third-order valence-corrected chi connectivity index (χ3v) is 3.04. The van der Waals surface area contributed by atoms with Crippen LogP contribution in [0.2, 0.25) is 0 Å². The van der Waals surface area contributed by atoms with Crippen molar-refractivity contribution in [2.24, 2.45) is 0 Å². The molecule has 2 heterocycles. The lowest BCUT2D eigenvalue weighted by Gasteiger charge is -2.26. The number of carbonyl (C=O) groups excluding carboxylic acids is 1. The number of aromatic nitrogens is 2. The number of nitrogens with one attached hydrogen (secondary N) is 1. The largest absolute Gasteiger partial charge is 0.740 e. The molecule has 0 unspecified atom stereocenters. The van der Waals surface area contributed by atoms with Crippen molar-refractivity contribution in [2.75, 3.05) is 23.3 Å². The van der Waals surface area contributed by atoms with Crippen molar-refractivity contribution in [3.63, 3.8) is 0 Å². The van der Waals surface area contributed by atoms with Gasteiger partial charge in [0, 0.05) is 26.1 Å². The van der Waals surface area contributed by atoms with Gasteiger partial charge in [-0.3, -0.25) is 4.79 Å². The van der Waals surface area contributed by atoms with Crippen LogP contribution in [0.5, 0.6) is 0 Å². The molecule has 1 aromatic rings. The fourth-order valence-corrected chi connectivity index (χ4v) is 2.12. The first-order valence-electron chi connectivity index (χ1n) is 6.21. The molecule has 1 amide bonds. The SMILES string of the molecule is CC(=O)Nc1nc(N2CCCCC2)cc(C)[n+]1[O-]. The first kappa shape index (κ1) is 12.6. The Bertz CT molecular complexity index is 456. The first-order valence-corrected chi connectivity index (χ1v) is 6.21. The van der Waals surface area contributed by atoms with Crippen LogP contribution in [0.1, 0.15) is 31.9 Å². The summed E-state index contributed by atoms with van der Waals surface area (Å²) in [5.41, 5.74) is 0.536. The van der Waals surface area contributed by atoms with Crippen molar-refractivity contribution in [3.05, 3.63) is 17.0 Å². The third kappa shape index (κ3) is 2.69. The van der Waals surface area contributed by atoms with E-state index in [-0.39, 0.29) is 11.9 Å². The molecule has 0 saturated carbocycles. The van der Waals surface area contributed by atoms with E-state index in [2.05, 4.69) is 15.2 Å². The van der Waals surface area contributed by atoms with Gasteiger partial charge >= 0.3 is 5.95 Å². The molecular weight excluding hydrogens is 232 g/mol. The van der Waals surface area contributed by atoms with Gasteiger partial charge in [0.05, 0.1) is 5.69 Å². The number of hydrogen-bond donors (Lipinski definition) is 1. The van der Waals surface area contributed by atoms with Crippen LogP contribution in [0, 0.1) is 12.1 Å². The number of carbonyl (C=O) groups is 1. The van der Waals surface area contributed by atoms with Crippen molar-refractivity contribution in [1.82, 2.24) is 4.98 Å². The van der Waals surface area contributed by atoms with Crippen LogP contribution in [0.15, 0.2) is 6.07 Å². The Balaban J connectivity index is 2.30. The van der Waals surface area contributed by atoms with Gasteiger partial charge in [-0.2, -0.15) is 0 Å². The van der Waals surface area contributed by atoms with E-state index in [1.165, 1.54) is 13.3 Å². The predicted molar refractivity (Wildman–Crippen MR) is 68.3 cm³/mol. The molecule has 1 fully saturated rings. The van der Waals surface area contributed by atoms with Crippen LogP contribution in [-0.2, 0) is 4.79 Å². The predicted octanol–water partition coefficient (Wildman–Crippen LogP) is 0.972. The van der Waals surface area contributed by atoms with Crippen LogP contribution in [0.4, 0.5) is 11.8 Å². The third-order valence-electron chi connectivity index (χ3n) is 3.04. The van der Waals surface area contributed by atoms with Crippen LogP contribution in [-0.4, -0.2) is 24.0 Å². The van der Waals surface area contributed by atoms with Crippen molar-refractivity contribution in [3.8, 4) is 0 Å². The van der Waals surface area contributed by atoms with E-state index in [1.807, 2.05) is 0 Å². The minimum absolute atomic E-state index is 0.0584. The second kappa shape index (κ2) is 5.20. The van der Waals surface area contributed by atoms with Gasteiger partial charge in [0.1, 0.15) is 0 Å². The van der Waals surface area contributed by atoms with Gasteiger partial charge in [-0.05, 0) is 26.2 Å². The summed E-state index contributed by atoms with van der Waals surface area (Å²) in [5, 5.41) is 14.2. The summed E-state index contributed by atoms with van der Waals surface area (Å²) in [5.74, 6) is 0.536. The van der Waals surface area contributed by atoms with Crippen LogP contribution < -0.4 is 14.9 Å². The Morgan fingerprint density at radius 2 is 2.11 bits per heavy atom. The molecule has 0 bridgehead atoms. The summed E-state index contributed by atoms with van der Waals surface area (Å²) in [7, 11) is 0. The molecule has 0 spiro atoms. The monoisotopic (exact) mass is 250 g/mol. The molecule has 1 N–H and O–H groups in total. The normalized spacial score (nSPS) is 15.6. The zero-order valence-electron chi connectivity index (χ0n) is 10.8. The summed E-state index contributed by atoms with van der Waals surface area (Å²) >= 11 is 0. The topological polar surface area (TPSA) is 72.2 Å². The lowest BCUT2D eigenvalue weighted by atomic mass is 10.1. The Kier molecular flexibility index (Phi) is 3.64. The van der Waals surface area contributed by atoms with Crippen LogP contribution in [0.25, 0.3) is 0 Å². The summed E-state index contributed by atoms with van der Waals surface area (Å²) in [6.45, 7) is 4.99. The van der Waals surface area contributed by atoms with Crippen molar-refractivity contribution in [1.29, 1.82) is 0 Å². The molecule has 6 nitrogen and oxygen atoms in total. The summed E-state index contributed by atoms with van der Waals surface area (Å²) in [4.78, 5) is 17.4. The lowest BCUT2D eigenvalue weighted by Crippen LogP contribution is -2.39. The highest BCUT2D eigenvalue weighted by molar-refractivity contribution is 5.86. The molecular formula is C12H18N4O2. The highest BCUT2D eigenvalue weighted by atomic mass is 16.5. The van der Waals surface area contributed by atoms with Gasteiger partial charge < -0.3 is 10.1 Å². The molecule has 0 radical (unpaired) electrons. The van der Waals surface area contributed by atoms with Gasteiger partial charge in [0.2, 0.25) is 5.82 Å². The van der Waals surface area contributed by atoms with E-state index >= 15 is 0 Å². The van der Waals surface area contributed by atoms with E-state index in [0.717, 1.165) is 31.7 Å². The van der Waals surface area contributed by atoms with Crippen molar-refractivity contribution < 1.29 is 9.52 Å². The zero-order chi connectivity index (χ0) is 13.1. The van der Waals surface area contributed by atoms with E-state index in [1.54, 1.807) is 13.0 Å². The van der Waals surface area contributed by atoms with Crippen molar-refractivity contribution in [2.45, 2.75) is 33.1 Å². The van der Waals surface area contributed by atoms with Gasteiger partial charge in [0.15, 0.2) is 0 Å². The van der Waals surface area contributed by atoms with Gasteiger partial charge in [0.25, 0.3) is 5.91 Å². The second-order valence-electron chi connectivity index (χ2n) is 4.60. The molecule has 0 atom stereocenters. The molecule has 0 aromatic carbocycles. The Hall–Kier alpha value is -1.85. The number of anilines is 2. The number of nitrogens with zero attached hydrogens (tertiary/aromatic N) is 3. The highest BCUT2D eigenvalue weighted by Crippen LogP contribution is 2.18. The lowest BCUT2D eigenvalue weighted by molar-refractivity contribution is -0.599. The van der Waals surface area contributed by atoms with Crippen LogP contribution in [0.3, 0.4) is 0 Å². The number of hydrogen-bond acceptors (Lipinski definition) is 4. The average Bonchev–Trinajstić information content (AvgIpc) is 2.35. The number of amides is 1. The molecule has 18 heavy (non-hydrogen) atoms. The maximum absolute atomic E-state index is 11.8. The molecule has 0 aliphatic carbocycles. The molecule has 1 aliphatic heterocycles. The zero-order valence-corrected chi connectivity index (χ0v) is 10.8. The van der Waals surface area contributed by atoms with Gasteiger partial charge in [-0.25, -0.2) is 10.0 Å². The Morgan fingerprint density at radius 3 is 2.72 bits per heavy atom. The number of piperidine rings is 1. The maximum Gasteiger partial charge on any atom is 0.401 e. The Labute approximate surface area is 106 Å². The van der Waals surface area contributed by atoms with Gasteiger partial charge in [-0.15, -0.1) is 0 Å². The van der Waals surface area contributed by atoms with Crippen molar-refractivity contribution >= 4 is 17.7 Å². The molecule has 6 heteroatoms. The minimum atomic E-state index is -0.290. The van der Waals surface area contributed by atoms with E-state index in [4.69, 9.17) is 0 Å². The first-order chi connectivity index (χ1) is 8.58.